The second kappa shape index (κ2) is 6.05. The lowest BCUT2D eigenvalue weighted by molar-refractivity contribution is 0.0714. The molecule has 0 aliphatic carbocycles. The van der Waals surface area contributed by atoms with E-state index in [1.54, 1.807) is 12.1 Å². The molecule has 0 spiro atoms. The molecule has 1 aliphatic heterocycles. The van der Waals surface area contributed by atoms with E-state index in [-0.39, 0.29) is 5.91 Å². The average molecular weight is 319 g/mol. The van der Waals surface area contributed by atoms with Crippen LogP contribution in [0.1, 0.15) is 21.7 Å². The number of rotatable bonds is 2. The summed E-state index contributed by atoms with van der Waals surface area (Å²) in [6.07, 6.45) is 1.53. The molecule has 1 saturated heterocycles. The Hall–Kier alpha value is -1.94. The van der Waals surface area contributed by atoms with Gasteiger partial charge in [-0.25, -0.2) is 0 Å². The van der Waals surface area contributed by atoms with E-state index in [1.165, 1.54) is 11.8 Å². The molecule has 3 rings (SSSR count). The number of halogens is 1. The summed E-state index contributed by atoms with van der Waals surface area (Å²) in [4.78, 5) is 16.3. The number of carbonyl (C=O) groups is 1. The van der Waals surface area contributed by atoms with Gasteiger partial charge in [-0.2, -0.15) is 0 Å². The summed E-state index contributed by atoms with van der Waals surface area (Å²) in [5, 5.41) is 0.781. The van der Waals surface area contributed by atoms with Crippen molar-refractivity contribution in [3.05, 3.63) is 52.4 Å². The van der Waals surface area contributed by atoms with Crippen LogP contribution in [-0.2, 0) is 0 Å². The fourth-order valence-corrected chi connectivity index (χ4v) is 3.44. The number of anilines is 1. The Labute approximate surface area is 135 Å². The highest BCUT2D eigenvalue weighted by molar-refractivity contribution is 6.33. The minimum atomic E-state index is -0.0450. The number of furan rings is 1. The molecule has 0 N–H and O–H groups in total. The van der Waals surface area contributed by atoms with Crippen LogP contribution in [0.2, 0.25) is 5.02 Å². The molecule has 0 bridgehead atoms. The molecule has 0 radical (unpaired) electrons. The molecule has 4 nitrogen and oxygen atoms in total. The Balaban J connectivity index is 1.71. The van der Waals surface area contributed by atoms with Crippen LogP contribution in [0.25, 0.3) is 0 Å². The van der Waals surface area contributed by atoms with Crippen LogP contribution >= 0.6 is 11.6 Å². The summed E-state index contributed by atoms with van der Waals surface area (Å²) >= 11 is 6.41. The van der Waals surface area contributed by atoms with Gasteiger partial charge in [0.1, 0.15) is 0 Å². The van der Waals surface area contributed by atoms with Gasteiger partial charge in [0.05, 0.1) is 17.0 Å². The molecule has 1 amide bonds. The maximum Gasteiger partial charge on any atom is 0.289 e. The fraction of sp³-hybridized carbons (Fsp3) is 0.353. The van der Waals surface area contributed by atoms with Crippen LogP contribution in [0.15, 0.2) is 34.9 Å². The number of aryl methyl sites for hydroxylation is 2. The zero-order chi connectivity index (χ0) is 15.7. The zero-order valence-electron chi connectivity index (χ0n) is 12.8. The second-order valence-corrected chi connectivity index (χ2v) is 6.08. The molecule has 0 atom stereocenters. The second-order valence-electron chi connectivity index (χ2n) is 5.67. The molecule has 22 heavy (non-hydrogen) atoms. The predicted molar refractivity (Wildman–Crippen MR) is 87.8 cm³/mol. The van der Waals surface area contributed by atoms with Gasteiger partial charge in [-0.1, -0.05) is 17.7 Å². The Kier molecular flexibility index (Phi) is 4.12. The van der Waals surface area contributed by atoms with Crippen molar-refractivity contribution < 1.29 is 9.21 Å². The van der Waals surface area contributed by atoms with Crippen LogP contribution in [0.5, 0.6) is 0 Å². The van der Waals surface area contributed by atoms with Crippen LogP contribution in [0, 0.1) is 13.8 Å². The fourth-order valence-electron chi connectivity index (χ4n) is 3.00. The molecule has 5 heteroatoms. The van der Waals surface area contributed by atoms with E-state index in [4.69, 9.17) is 16.0 Å². The monoisotopic (exact) mass is 318 g/mol. The Morgan fingerprint density at radius 2 is 1.91 bits per heavy atom. The van der Waals surface area contributed by atoms with E-state index < -0.39 is 0 Å². The smallest absolute Gasteiger partial charge is 0.289 e. The summed E-state index contributed by atoms with van der Waals surface area (Å²) in [5.41, 5.74) is 3.42. The lowest BCUT2D eigenvalue weighted by atomic mass is 10.1. The van der Waals surface area contributed by atoms with Gasteiger partial charge in [0.25, 0.3) is 5.91 Å². The largest absolute Gasteiger partial charge is 0.459 e. The topological polar surface area (TPSA) is 36.7 Å². The number of amides is 1. The number of hydrogen-bond acceptors (Lipinski definition) is 3. The lowest BCUT2D eigenvalue weighted by Crippen LogP contribution is -2.49. The molecule has 1 aromatic heterocycles. The van der Waals surface area contributed by atoms with Gasteiger partial charge in [-0.05, 0) is 43.2 Å². The van der Waals surface area contributed by atoms with Crippen molar-refractivity contribution >= 4 is 23.2 Å². The number of nitrogens with zero attached hydrogens (tertiary/aromatic N) is 2. The van der Waals surface area contributed by atoms with Crippen LogP contribution < -0.4 is 4.90 Å². The normalized spacial score (nSPS) is 15.2. The third kappa shape index (κ3) is 2.83. The predicted octanol–water partition coefficient (Wildman–Crippen LogP) is 3.51. The van der Waals surface area contributed by atoms with Gasteiger partial charge in [0.15, 0.2) is 5.76 Å². The first-order valence-corrected chi connectivity index (χ1v) is 7.78. The Morgan fingerprint density at radius 1 is 1.18 bits per heavy atom. The van der Waals surface area contributed by atoms with Gasteiger partial charge < -0.3 is 14.2 Å². The molecule has 0 saturated carbocycles. The molecular formula is C17H19ClN2O2. The van der Waals surface area contributed by atoms with Crippen molar-refractivity contribution in [3.8, 4) is 0 Å². The third-order valence-corrected chi connectivity index (χ3v) is 4.30. The highest BCUT2D eigenvalue weighted by Crippen LogP contribution is 2.31. The molecule has 116 valence electrons. The van der Waals surface area contributed by atoms with Crippen molar-refractivity contribution in [1.29, 1.82) is 0 Å². The molecule has 1 fully saturated rings. The van der Waals surface area contributed by atoms with Crippen molar-refractivity contribution in [2.75, 3.05) is 31.1 Å². The quantitative estimate of drug-likeness (QED) is 0.850. The number of benzene rings is 1. The molecule has 2 heterocycles. The van der Waals surface area contributed by atoms with E-state index in [9.17, 15) is 4.79 Å². The van der Waals surface area contributed by atoms with E-state index >= 15 is 0 Å². The minimum absolute atomic E-state index is 0.0450. The van der Waals surface area contributed by atoms with Gasteiger partial charge in [0.2, 0.25) is 0 Å². The first-order valence-electron chi connectivity index (χ1n) is 7.41. The minimum Gasteiger partial charge on any atom is -0.459 e. The van der Waals surface area contributed by atoms with Crippen LogP contribution in [0.4, 0.5) is 5.69 Å². The SMILES string of the molecule is Cc1cc(C)c(N2CCN(C(=O)c3ccco3)CC2)c(Cl)c1. The van der Waals surface area contributed by atoms with E-state index in [2.05, 4.69) is 17.9 Å². The first kappa shape index (κ1) is 15.0. The first-order chi connectivity index (χ1) is 10.6. The third-order valence-electron chi connectivity index (χ3n) is 4.01. The van der Waals surface area contributed by atoms with Crippen molar-refractivity contribution in [2.45, 2.75) is 13.8 Å². The number of carbonyl (C=O) groups excluding carboxylic acids is 1. The highest BCUT2D eigenvalue weighted by atomic mass is 35.5. The summed E-state index contributed by atoms with van der Waals surface area (Å²) in [6, 6.07) is 7.57. The summed E-state index contributed by atoms with van der Waals surface area (Å²) in [6.45, 7) is 7.01. The van der Waals surface area contributed by atoms with Gasteiger partial charge in [-0.15, -0.1) is 0 Å². The molecule has 2 aromatic rings. The van der Waals surface area contributed by atoms with Gasteiger partial charge >= 0.3 is 0 Å². The van der Waals surface area contributed by atoms with Crippen molar-refractivity contribution in [3.63, 3.8) is 0 Å². The molecule has 1 aliphatic rings. The van der Waals surface area contributed by atoms with Gasteiger partial charge in [0, 0.05) is 26.2 Å². The lowest BCUT2D eigenvalue weighted by Gasteiger charge is -2.37. The van der Waals surface area contributed by atoms with E-state index in [0.717, 1.165) is 29.4 Å². The maximum atomic E-state index is 12.3. The highest BCUT2D eigenvalue weighted by Gasteiger charge is 2.25. The van der Waals surface area contributed by atoms with Gasteiger partial charge in [-0.3, -0.25) is 4.79 Å². The Morgan fingerprint density at radius 3 is 2.50 bits per heavy atom. The number of piperazine rings is 1. The summed E-state index contributed by atoms with van der Waals surface area (Å²) in [5.74, 6) is 0.356. The van der Waals surface area contributed by atoms with Crippen LogP contribution in [-0.4, -0.2) is 37.0 Å². The molecular weight excluding hydrogens is 300 g/mol. The van der Waals surface area contributed by atoms with Crippen molar-refractivity contribution in [1.82, 2.24) is 4.90 Å². The van der Waals surface area contributed by atoms with E-state index in [0.29, 0.717) is 18.8 Å². The van der Waals surface area contributed by atoms with Crippen molar-refractivity contribution in [2.24, 2.45) is 0 Å². The standard InChI is InChI=1S/C17H19ClN2O2/c1-12-10-13(2)16(14(18)11-12)19-5-7-20(8-6-19)17(21)15-4-3-9-22-15/h3-4,9-11H,5-8H2,1-2H3. The Bertz CT molecular complexity index is 651. The average Bonchev–Trinajstić information content (AvgIpc) is 3.00. The summed E-state index contributed by atoms with van der Waals surface area (Å²) in [7, 11) is 0. The molecule has 1 aromatic carbocycles. The zero-order valence-corrected chi connectivity index (χ0v) is 13.6. The molecule has 0 unspecified atom stereocenters. The van der Waals surface area contributed by atoms with Crippen LogP contribution in [0.3, 0.4) is 0 Å². The van der Waals surface area contributed by atoms with E-state index in [1.807, 2.05) is 17.9 Å². The summed E-state index contributed by atoms with van der Waals surface area (Å²) < 4.78 is 5.19. The number of hydrogen-bond donors (Lipinski definition) is 0. The maximum absolute atomic E-state index is 12.3.